The summed E-state index contributed by atoms with van der Waals surface area (Å²) in [5, 5.41) is 16.7. The van der Waals surface area contributed by atoms with E-state index < -0.39 is 0 Å². The third-order valence-electron chi connectivity index (χ3n) is 11.2. The third kappa shape index (κ3) is 3.68. The normalized spacial score (nSPS) is 12.2. The smallest absolute Gasteiger partial charge is 0.147 e. The third-order valence-corrected chi connectivity index (χ3v) is 11.2. The van der Waals surface area contributed by atoms with Crippen LogP contribution in [0.25, 0.3) is 120 Å². The van der Waals surface area contributed by atoms with E-state index in [4.69, 9.17) is 8.83 Å². The molecule has 0 aliphatic rings. The van der Waals surface area contributed by atoms with Crippen molar-refractivity contribution in [3.8, 4) is 22.3 Å². The van der Waals surface area contributed by atoms with Crippen molar-refractivity contribution >= 4 is 97.7 Å². The molecule has 12 rings (SSSR count). The fraction of sp³-hybridized carbons (Fsp3) is 0. The Kier molecular flexibility index (Phi) is 5.53. The molecule has 0 aliphatic carbocycles. The lowest BCUT2D eigenvalue weighted by Gasteiger charge is -2.20. The Morgan fingerprint density at radius 1 is 0.269 bits per heavy atom. The second-order valence-electron chi connectivity index (χ2n) is 13.9. The van der Waals surface area contributed by atoms with Gasteiger partial charge in [0.15, 0.2) is 0 Å². The lowest BCUT2D eigenvalue weighted by molar-refractivity contribution is 0.663. The van der Waals surface area contributed by atoms with Gasteiger partial charge in [-0.2, -0.15) is 0 Å². The van der Waals surface area contributed by atoms with Gasteiger partial charge in [0, 0.05) is 27.3 Å². The second kappa shape index (κ2) is 10.3. The average Bonchev–Trinajstić information content (AvgIpc) is 3.78. The molecule has 0 unspecified atom stereocenters. The first kappa shape index (κ1) is 27.9. The average molecular weight is 661 g/mol. The van der Waals surface area contributed by atoms with E-state index in [0.29, 0.717) is 0 Å². The first-order valence-electron chi connectivity index (χ1n) is 17.8. The highest BCUT2D eigenvalue weighted by atomic mass is 16.3. The molecule has 0 atom stereocenters. The van der Waals surface area contributed by atoms with Crippen molar-refractivity contribution < 1.29 is 8.83 Å². The van der Waals surface area contributed by atoms with Gasteiger partial charge in [0.1, 0.15) is 22.3 Å². The van der Waals surface area contributed by atoms with Crippen molar-refractivity contribution in [3.63, 3.8) is 0 Å². The Bertz CT molecular complexity index is 3410. The van der Waals surface area contributed by atoms with Crippen molar-refractivity contribution in [3.05, 3.63) is 170 Å². The van der Waals surface area contributed by atoms with Gasteiger partial charge in [0.25, 0.3) is 0 Å². The fourth-order valence-electron chi connectivity index (χ4n) is 9.04. The van der Waals surface area contributed by atoms with Crippen molar-refractivity contribution in [2.24, 2.45) is 0 Å². The predicted molar refractivity (Wildman–Crippen MR) is 219 cm³/mol. The minimum atomic E-state index is 0.846. The molecule has 0 aliphatic heterocycles. The zero-order valence-electron chi connectivity index (χ0n) is 28.0. The summed E-state index contributed by atoms with van der Waals surface area (Å²) in [7, 11) is 0. The van der Waals surface area contributed by atoms with E-state index in [0.717, 1.165) is 49.4 Å². The van der Waals surface area contributed by atoms with Gasteiger partial charge >= 0.3 is 0 Å². The fourth-order valence-corrected chi connectivity index (χ4v) is 9.04. The van der Waals surface area contributed by atoms with E-state index in [1.54, 1.807) is 0 Å². The van der Waals surface area contributed by atoms with Crippen LogP contribution in [0, 0.1) is 0 Å². The van der Waals surface area contributed by atoms with E-state index in [1.807, 2.05) is 12.1 Å². The molecule has 52 heavy (non-hydrogen) atoms. The predicted octanol–water partition coefficient (Wildman–Crippen LogP) is 14.6. The monoisotopic (exact) mass is 660 g/mol. The number of furan rings is 2. The summed E-state index contributed by atoms with van der Waals surface area (Å²) in [4.78, 5) is 0. The molecule has 0 amide bonds. The zero-order valence-corrected chi connectivity index (χ0v) is 28.0. The molecule has 0 saturated carbocycles. The van der Waals surface area contributed by atoms with Crippen LogP contribution in [0.15, 0.2) is 179 Å². The van der Waals surface area contributed by atoms with E-state index in [2.05, 4.69) is 158 Å². The molecule has 0 fully saturated rings. The SMILES string of the molecule is c1ccc2c(c1)ccc1cc(-c3c4ccccc4c(-c4cc5c6ccccc6oc5c5c4oc4ccccc45)c4ccccc34)c3ccccc3c12. The number of hydrogen-bond donors (Lipinski definition) is 0. The van der Waals surface area contributed by atoms with E-state index in [1.165, 1.54) is 70.6 Å². The Morgan fingerprint density at radius 2 is 0.750 bits per heavy atom. The molecule has 2 heteroatoms. The maximum Gasteiger partial charge on any atom is 0.147 e. The summed E-state index contributed by atoms with van der Waals surface area (Å²) < 4.78 is 13.5. The first-order chi connectivity index (χ1) is 25.8. The molecule has 240 valence electrons. The largest absolute Gasteiger partial charge is 0.455 e. The minimum absolute atomic E-state index is 0.846. The van der Waals surface area contributed by atoms with Gasteiger partial charge in [-0.15, -0.1) is 0 Å². The molecule has 0 spiro atoms. The highest BCUT2D eigenvalue weighted by molar-refractivity contribution is 6.32. The molecule has 2 aromatic heterocycles. The lowest BCUT2D eigenvalue weighted by atomic mass is 9.83. The van der Waals surface area contributed by atoms with Gasteiger partial charge in [-0.05, 0) is 89.3 Å². The topological polar surface area (TPSA) is 26.3 Å². The van der Waals surface area contributed by atoms with Crippen LogP contribution in [0.4, 0.5) is 0 Å². The quantitative estimate of drug-likeness (QED) is 0.136. The van der Waals surface area contributed by atoms with Gasteiger partial charge in [0.2, 0.25) is 0 Å². The van der Waals surface area contributed by atoms with Crippen LogP contribution >= 0.6 is 0 Å². The lowest BCUT2D eigenvalue weighted by Crippen LogP contribution is -1.93. The van der Waals surface area contributed by atoms with Gasteiger partial charge in [-0.3, -0.25) is 0 Å². The Labute approximate surface area is 297 Å². The molecule has 2 heterocycles. The van der Waals surface area contributed by atoms with Crippen LogP contribution in [-0.4, -0.2) is 0 Å². The van der Waals surface area contributed by atoms with Crippen LogP contribution < -0.4 is 0 Å². The van der Waals surface area contributed by atoms with Crippen LogP contribution in [-0.2, 0) is 0 Å². The molecular weight excluding hydrogens is 633 g/mol. The molecule has 0 radical (unpaired) electrons. The van der Waals surface area contributed by atoms with Crippen LogP contribution in [0.1, 0.15) is 0 Å². The summed E-state index contributed by atoms with van der Waals surface area (Å²) in [6, 6.07) is 61.4. The molecule has 12 aromatic rings. The maximum atomic E-state index is 6.84. The summed E-state index contributed by atoms with van der Waals surface area (Å²) >= 11 is 0. The summed E-state index contributed by atoms with van der Waals surface area (Å²) in [6.07, 6.45) is 0. The zero-order chi connectivity index (χ0) is 33.9. The second-order valence-corrected chi connectivity index (χ2v) is 13.9. The number of hydrogen-bond acceptors (Lipinski definition) is 2. The van der Waals surface area contributed by atoms with Crippen molar-refractivity contribution in [2.75, 3.05) is 0 Å². The van der Waals surface area contributed by atoms with E-state index >= 15 is 0 Å². The molecule has 0 saturated heterocycles. The number of rotatable bonds is 2. The minimum Gasteiger partial charge on any atom is -0.455 e. The highest BCUT2D eigenvalue weighted by Gasteiger charge is 2.25. The number of para-hydroxylation sites is 2. The van der Waals surface area contributed by atoms with Crippen molar-refractivity contribution in [2.45, 2.75) is 0 Å². The van der Waals surface area contributed by atoms with Crippen molar-refractivity contribution in [1.29, 1.82) is 0 Å². The summed E-state index contributed by atoms with van der Waals surface area (Å²) in [5.74, 6) is 0. The molecule has 2 nitrogen and oxygen atoms in total. The maximum absolute atomic E-state index is 6.84. The van der Waals surface area contributed by atoms with Gasteiger partial charge in [-0.1, -0.05) is 146 Å². The standard InChI is InChI=1S/C50H28O2/c1-2-14-31-29(13-1)25-26-30-27-40(32-15-3-4-17-34(32)45(30)31)46-35-18-5-7-20-37(35)47(38-21-8-6-19-36(38)46)42-28-41-33-16-9-11-23-43(33)51-49(41)48-39-22-10-12-24-44(39)52-50(42)48/h1-28H. The molecule has 10 aromatic carbocycles. The van der Waals surface area contributed by atoms with Gasteiger partial charge < -0.3 is 8.83 Å². The molecule has 0 N–H and O–H groups in total. The Hall–Kier alpha value is -6.90. The van der Waals surface area contributed by atoms with Gasteiger partial charge in [0.05, 0.1) is 5.39 Å². The Balaban J connectivity index is 1.27. The van der Waals surface area contributed by atoms with E-state index in [9.17, 15) is 0 Å². The summed E-state index contributed by atoms with van der Waals surface area (Å²) in [5.41, 5.74) is 8.17. The number of fused-ring (bicyclic) bond motifs is 14. The molecular formula is C50H28O2. The Morgan fingerprint density at radius 3 is 1.44 bits per heavy atom. The van der Waals surface area contributed by atoms with Crippen LogP contribution in [0.5, 0.6) is 0 Å². The van der Waals surface area contributed by atoms with Crippen molar-refractivity contribution in [1.82, 2.24) is 0 Å². The van der Waals surface area contributed by atoms with Gasteiger partial charge in [-0.25, -0.2) is 0 Å². The van der Waals surface area contributed by atoms with E-state index in [-0.39, 0.29) is 0 Å². The summed E-state index contributed by atoms with van der Waals surface area (Å²) in [6.45, 7) is 0. The first-order valence-corrected chi connectivity index (χ1v) is 17.8. The number of benzene rings is 10. The highest BCUT2D eigenvalue weighted by Crippen LogP contribution is 2.51. The molecule has 0 bridgehead atoms. The van der Waals surface area contributed by atoms with Crippen LogP contribution in [0.2, 0.25) is 0 Å². The van der Waals surface area contributed by atoms with Crippen LogP contribution in [0.3, 0.4) is 0 Å².